The lowest BCUT2D eigenvalue weighted by molar-refractivity contribution is -0.117. The van der Waals surface area contributed by atoms with E-state index in [1.807, 2.05) is 24.3 Å². The number of carbonyl (C=O) groups excluding carboxylic acids is 1. The molecular formula is C15H21N3O2S. The van der Waals surface area contributed by atoms with E-state index in [1.165, 1.54) is 0 Å². The number of hydrogen-bond acceptors (Lipinski definition) is 4. The zero-order valence-corrected chi connectivity index (χ0v) is 13.0. The van der Waals surface area contributed by atoms with Crippen molar-refractivity contribution in [3.63, 3.8) is 0 Å². The molecule has 1 heterocycles. The molecule has 6 heteroatoms. The van der Waals surface area contributed by atoms with Crippen molar-refractivity contribution >= 4 is 28.8 Å². The van der Waals surface area contributed by atoms with Gasteiger partial charge in [0.25, 0.3) is 0 Å². The minimum Gasteiger partial charge on any atom is -0.389 e. The summed E-state index contributed by atoms with van der Waals surface area (Å²) in [5.74, 6) is 0.0109. The number of carbonyl (C=O) groups is 1. The van der Waals surface area contributed by atoms with E-state index in [0.29, 0.717) is 17.5 Å². The van der Waals surface area contributed by atoms with Crippen LogP contribution in [0.2, 0.25) is 0 Å². The van der Waals surface area contributed by atoms with Gasteiger partial charge in [0, 0.05) is 36.8 Å². The van der Waals surface area contributed by atoms with Gasteiger partial charge in [-0.2, -0.15) is 0 Å². The van der Waals surface area contributed by atoms with Crippen LogP contribution in [0, 0.1) is 0 Å². The lowest BCUT2D eigenvalue weighted by atomic mass is 10.2. The summed E-state index contributed by atoms with van der Waals surface area (Å²) >= 11 is 4.89. The van der Waals surface area contributed by atoms with Gasteiger partial charge in [-0.1, -0.05) is 12.2 Å². The summed E-state index contributed by atoms with van der Waals surface area (Å²) in [7, 11) is 0. The Morgan fingerprint density at radius 2 is 2.19 bits per heavy atom. The molecule has 2 rings (SSSR count). The van der Waals surface area contributed by atoms with Crippen LogP contribution in [0.25, 0.3) is 0 Å². The number of nitrogens with two attached hydrogens (primary N) is 1. The van der Waals surface area contributed by atoms with Gasteiger partial charge in [-0.3, -0.25) is 9.69 Å². The fraction of sp³-hybridized carbons (Fsp3) is 0.467. The molecule has 21 heavy (non-hydrogen) atoms. The summed E-state index contributed by atoms with van der Waals surface area (Å²) in [6, 6.07) is 7.61. The molecule has 0 radical (unpaired) electrons. The molecule has 0 saturated carbocycles. The Morgan fingerprint density at radius 3 is 2.81 bits per heavy atom. The minimum absolute atomic E-state index is 0.0109. The highest BCUT2D eigenvalue weighted by Crippen LogP contribution is 2.11. The number of rotatable bonds is 5. The molecular weight excluding hydrogens is 286 g/mol. The molecule has 1 fully saturated rings. The van der Waals surface area contributed by atoms with E-state index in [1.54, 1.807) is 0 Å². The van der Waals surface area contributed by atoms with Gasteiger partial charge >= 0.3 is 0 Å². The topological polar surface area (TPSA) is 67.6 Å². The second-order valence-electron chi connectivity index (χ2n) is 5.20. The molecule has 1 aliphatic rings. The Labute approximate surface area is 130 Å². The maximum Gasteiger partial charge on any atom is 0.225 e. The predicted molar refractivity (Wildman–Crippen MR) is 87.4 cm³/mol. The second kappa shape index (κ2) is 7.49. The lowest BCUT2D eigenvalue weighted by Crippen LogP contribution is -2.44. The molecule has 1 aliphatic heterocycles. The third-order valence-corrected chi connectivity index (χ3v) is 3.82. The average molecular weight is 307 g/mol. The molecule has 0 bridgehead atoms. The Morgan fingerprint density at radius 1 is 1.48 bits per heavy atom. The van der Waals surface area contributed by atoms with Gasteiger partial charge in [-0.05, 0) is 31.2 Å². The molecule has 1 aromatic rings. The molecule has 1 unspecified atom stereocenters. The quantitative estimate of drug-likeness (QED) is 0.804. The third kappa shape index (κ3) is 4.77. The second-order valence-corrected chi connectivity index (χ2v) is 5.64. The van der Waals surface area contributed by atoms with Gasteiger partial charge in [0.2, 0.25) is 5.91 Å². The number of morpholine rings is 1. The van der Waals surface area contributed by atoms with Gasteiger partial charge in [0.1, 0.15) is 4.99 Å². The number of nitrogens with one attached hydrogen (secondary N) is 1. The van der Waals surface area contributed by atoms with Gasteiger partial charge in [0.05, 0.1) is 13.2 Å². The smallest absolute Gasteiger partial charge is 0.225 e. The fourth-order valence-electron chi connectivity index (χ4n) is 2.28. The normalized spacial score (nSPS) is 19.2. The third-order valence-electron chi connectivity index (χ3n) is 3.58. The van der Waals surface area contributed by atoms with E-state index < -0.39 is 0 Å². The SMILES string of the molecule is CC1COCCN1CCC(=O)Nc1ccc(C(N)=S)cc1. The van der Waals surface area contributed by atoms with Crippen LogP contribution >= 0.6 is 12.2 Å². The van der Waals surface area contributed by atoms with Crippen molar-refractivity contribution in [1.29, 1.82) is 0 Å². The molecule has 0 aliphatic carbocycles. The number of amides is 1. The highest BCUT2D eigenvalue weighted by atomic mass is 32.1. The summed E-state index contributed by atoms with van der Waals surface area (Å²) in [6.45, 7) is 5.23. The maximum absolute atomic E-state index is 12.0. The summed E-state index contributed by atoms with van der Waals surface area (Å²) in [5.41, 5.74) is 7.09. The standard InChI is InChI=1S/C15H21N3O2S/c1-11-10-20-9-8-18(11)7-6-14(19)17-13-4-2-12(3-5-13)15(16)21/h2-5,11H,6-10H2,1H3,(H2,16,21)(H,17,19). The van der Waals surface area contributed by atoms with Gasteiger partial charge in [-0.25, -0.2) is 0 Å². The minimum atomic E-state index is 0.0109. The molecule has 0 spiro atoms. The lowest BCUT2D eigenvalue weighted by Gasteiger charge is -2.32. The van der Waals surface area contributed by atoms with E-state index >= 15 is 0 Å². The Bertz CT molecular complexity index is 504. The summed E-state index contributed by atoms with van der Waals surface area (Å²) < 4.78 is 5.38. The van der Waals surface area contributed by atoms with Crippen molar-refractivity contribution < 1.29 is 9.53 Å². The summed E-state index contributed by atoms with van der Waals surface area (Å²) in [5, 5.41) is 2.88. The van der Waals surface area contributed by atoms with Gasteiger partial charge in [-0.15, -0.1) is 0 Å². The van der Waals surface area contributed by atoms with Gasteiger partial charge < -0.3 is 15.8 Å². The van der Waals surface area contributed by atoms with Crippen molar-refractivity contribution in [3.05, 3.63) is 29.8 Å². The van der Waals surface area contributed by atoms with E-state index in [2.05, 4.69) is 17.1 Å². The molecule has 1 atom stereocenters. The molecule has 1 amide bonds. The zero-order valence-electron chi connectivity index (χ0n) is 12.2. The first kappa shape index (κ1) is 15.9. The Balaban J connectivity index is 1.80. The van der Waals surface area contributed by atoms with E-state index in [-0.39, 0.29) is 5.91 Å². The van der Waals surface area contributed by atoms with Crippen LogP contribution < -0.4 is 11.1 Å². The molecule has 5 nitrogen and oxygen atoms in total. The van der Waals surface area contributed by atoms with Crippen LogP contribution in [-0.4, -0.2) is 48.1 Å². The fourth-order valence-corrected chi connectivity index (χ4v) is 2.42. The monoisotopic (exact) mass is 307 g/mol. The highest BCUT2D eigenvalue weighted by Gasteiger charge is 2.19. The summed E-state index contributed by atoms with van der Waals surface area (Å²) in [6.07, 6.45) is 0.474. The number of benzene rings is 1. The first-order chi connectivity index (χ1) is 10.1. The van der Waals surface area contributed by atoms with Crippen molar-refractivity contribution in [3.8, 4) is 0 Å². The van der Waals surface area contributed by atoms with Crippen LogP contribution in [0.1, 0.15) is 18.9 Å². The first-order valence-corrected chi connectivity index (χ1v) is 7.48. The van der Waals surface area contributed by atoms with Crippen molar-refractivity contribution in [2.24, 2.45) is 5.73 Å². The molecule has 0 aromatic heterocycles. The Hall–Kier alpha value is -1.50. The van der Waals surface area contributed by atoms with Crippen molar-refractivity contribution in [2.75, 3.05) is 31.6 Å². The van der Waals surface area contributed by atoms with Crippen molar-refractivity contribution in [2.45, 2.75) is 19.4 Å². The van der Waals surface area contributed by atoms with Crippen LogP contribution in [0.5, 0.6) is 0 Å². The largest absolute Gasteiger partial charge is 0.389 e. The van der Waals surface area contributed by atoms with E-state index in [0.717, 1.165) is 37.6 Å². The number of anilines is 1. The van der Waals surface area contributed by atoms with Crippen molar-refractivity contribution in [1.82, 2.24) is 4.90 Å². The maximum atomic E-state index is 12.0. The van der Waals surface area contributed by atoms with E-state index in [4.69, 9.17) is 22.7 Å². The number of ether oxygens (including phenoxy) is 1. The highest BCUT2D eigenvalue weighted by molar-refractivity contribution is 7.80. The van der Waals surface area contributed by atoms with Crippen LogP contribution in [-0.2, 0) is 9.53 Å². The zero-order chi connectivity index (χ0) is 15.2. The number of thiocarbonyl (C=S) groups is 1. The van der Waals surface area contributed by atoms with E-state index in [9.17, 15) is 4.79 Å². The number of hydrogen-bond donors (Lipinski definition) is 2. The molecule has 3 N–H and O–H groups in total. The number of nitrogens with zero attached hydrogens (tertiary/aromatic N) is 1. The Kier molecular flexibility index (Phi) is 5.67. The predicted octanol–water partition coefficient (Wildman–Crippen LogP) is 1.37. The molecule has 1 saturated heterocycles. The van der Waals surface area contributed by atoms with Crippen LogP contribution in [0.3, 0.4) is 0 Å². The average Bonchev–Trinajstić information content (AvgIpc) is 2.47. The summed E-state index contributed by atoms with van der Waals surface area (Å²) in [4.78, 5) is 14.6. The van der Waals surface area contributed by atoms with Crippen LogP contribution in [0.15, 0.2) is 24.3 Å². The van der Waals surface area contributed by atoms with Gasteiger partial charge in [0.15, 0.2) is 0 Å². The molecule has 114 valence electrons. The molecule has 1 aromatic carbocycles. The first-order valence-electron chi connectivity index (χ1n) is 7.08. The van der Waals surface area contributed by atoms with Crippen LogP contribution in [0.4, 0.5) is 5.69 Å².